The summed E-state index contributed by atoms with van der Waals surface area (Å²) in [5, 5.41) is 2.97. The van der Waals surface area contributed by atoms with E-state index in [0.29, 0.717) is 11.8 Å². The molecule has 0 radical (unpaired) electrons. The standard InChI is InChI=1S/C19H25F3N2O4S/c1-12(17-11-13-2-3-14(17)10-13)24-18(25)8-9-23-29(26,27)16-6-4-15(5-7-16)28-19(20,21)22/h4-7,12-14,17,23H,2-3,8-11H2,1H3,(H,24,25). The van der Waals surface area contributed by atoms with Gasteiger partial charge in [0.2, 0.25) is 15.9 Å². The van der Waals surface area contributed by atoms with E-state index in [2.05, 4.69) is 14.8 Å². The minimum atomic E-state index is -4.85. The molecule has 3 rings (SSSR count). The number of nitrogens with one attached hydrogen (secondary N) is 2. The second-order valence-electron chi connectivity index (χ2n) is 7.86. The van der Waals surface area contributed by atoms with Gasteiger partial charge >= 0.3 is 6.36 Å². The molecule has 2 saturated carbocycles. The van der Waals surface area contributed by atoms with Crippen LogP contribution in [0, 0.1) is 17.8 Å². The molecule has 2 aliphatic carbocycles. The Labute approximate surface area is 168 Å². The van der Waals surface area contributed by atoms with Crippen LogP contribution in [0.4, 0.5) is 13.2 Å². The molecule has 10 heteroatoms. The molecule has 2 fully saturated rings. The highest BCUT2D eigenvalue weighted by Crippen LogP contribution is 2.49. The third-order valence-corrected chi connectivity index (χ3v) is 7.31. The van der Waals surface area contributed by atoms with Crippen LogP contribution in [0.1, 0.15) is 39.0 Å². The largest absolute Gasteiger partial charge is 0.573 e. The van der Waals surface area contributed by atoms with Crippen molar-refractivity contribution in [1.29, 1.82) is 0 Å². The first kappa shape index (κ1) is 21.9. The molecule has 1 aromatic rings. The number of hydrogen-bond donors (Lipinski definition) is 2. The fourth-order valence-corrected chi connectivity index (χ4v) is 5.57. The Morgan fingerprint density at radius 3 is 2.45 bits per heavy atom. The van der Waals surface area contributed by atoms with Crippen molar-refractivity contribution >= 4 is 15.9 Å². The Morgan fingerprint density at radius 1 is 1.21 bits per heavy atom. The van der Waals surface area contributed by atoms with Gasteiger partial charge in [0.25, 0.3) is 0 Å². The number of alkyl halides is 3. The molecule has 0 heterocycles. The third kappa shape index (κ3) is 5.85. The molecule has 2 N–H and O–H groups in total. The first-order valence-electron chi connectivity index (χ1n) is 9.68. The summed E-state index contributed by atoms with van der Waals surface area (Å²) in [6, 6.07) is 3.94. The number of rotatable bonds is 8. The first-order chi connectivity index (χ1) is 13.5. The minimum absolute atomic E-state index is 0.0142. The van der Waals surface area contributed by atoms with E-state index in [1.165, 1.54) is 19.3 Å². The maximum Gasteiger partial charge on any atom is 0.573 e. The monoisotopic (exact) mass is 434 g/mol. The molecule has 162 valence electrons. The van der Waals surface area contributed by atoms with Crippen molar-refractivity contribution in [2.24, 2.45) is 17.8 Å². The molecule has 4 unspecified atom stereocenters. The topological polar surface area (TPSA) is 84.5 Å². The first-order valence-corrected chi connectivity index (χ1v) is 11.2. The number of carbonyl (C=O) groups is 1. The van der Waals surface area contributed by atoms with E-state index in [0.717, 1.165) is 36.6 Å². The second kappa shape index (κ2) is 8.51. The lowest BCUT2D eigenvalue weighted by Gasteiger charge is -2.28. The Kier molecular flexibility index (Phi) is 6.42. The zero-order valence-electron chi connectivity index (χ0n) is 16.0. The zero-order chi connectivity index (χ0) is 21.2. The van der Waals surface area contributed by atoms with Gasteiger partial charge in [-0.15, -0.1) is 13.2 Å². The molecule has 2 aliphatic rings. The van der Waals surface area contributed by atoms with Crippen molar-refractivity contribution in [3.63, 3.8) is 0 Å². The van der Waals surface area contributed by atoms with Gasteiger partial charge in [0.15, 0.2) is 0 Å². The maximum absolute atomic E-state index is 12.2. The average molecular weight is 434 g/mol. The van der Waals surface area contributed by atoms with E-state index in [1.54, 1.807) is 0 Å². The molecule has 2 bridgehead atoms. The summed E-state index contributed by atoms with van der Waals surface area (Å²) in [6.07, 6.45) is 0.0418. The summed E-state index contributed by atoms with van der Waals surface area (Å²) in [7, 11) is -3.93. The fourth-order valence-electron chi connectivity index (χ4n) is 4.54. The summed E-state index contributed by atoms with van der Waals surface area (Å²) >= 11 is 0. The van der Waals surface area contributed by atoms with Gasteiger partial charge in [-0.3, -0.25) is 4.79 Å². The van der Waals surface area contributed by atoms with E-state index in [1.807, 2.05) is 6.92 Å². The molecule has 0 aromatic heterocycles. The van der Waals surface area contributed by atoms with Gasteiger partial charge in [-0.1, -0.05) is 6.42 Å². The summed E-state index contributed by atoms with van der Waals surface area (Å²) in [4.78, 5) is 11.9. The van der Waals surface area contributed by atoms with Gasteiger partial charge in [0, 0.05) is 19.0 Å². The van der Waals surface area contributed by atoms with E-state index in [4.69, 9.17) is 0 Å². The molecule has 0 saturated heterocycles. The Hall–Kier alpha value is -1.81. The smallest absolute Gasteiger partial charge is 0.406 e. The molecular formula is C19H25F3N2O4S. The summed E-state index contributed by atoms with van der Waals surface area (Å²) < 4.78 is 66.9. The summed E-state index contributed by atoms with van der Waals surface area (Å²) in [6.45, 7) is 1.90. The van der Waals surface area contributed by atoms with Crippen molar-refractivity contribution in [2.45, 2.75) is 56.3 Å². The lowest BCUT2D eigenvalue weighted by Crippen LogP contribution is -2.41. The number of benzene rings is 1. The van der Waals surface area contributed by atoms with Gasteiger partial charge in [-0.05, 0) is 68.2 Å². The van der Waals surface area contributed by atoms with Gasteiger partial charge in [-0.25, -0.2) is 13.1 Å². The lowest BCUT2D eigenvalue weighted by molar-refractivity contribution is -0.274. The molecule has 29 heavy (non-hydrogen) atoms. The number of ether oxygens (including phenoxy) is 1. The molecule has 1 amide bonds. The van der Waals surface area contributed by atoms with Crippen LogP contribution in [0.2, 0.25) is 0 Å². The number of sulfonamides is 1. The number of halogens is 3. The number of carbonyl (C=O) groups excluding carboxylic acids is 1. The highest BCUT2D eigenvalue weighted by molar-refractivity contribution is 7.89. The summed E-state index contributed by atoms with van der Waals surface area (Å²) in [5.74, 6) is 1.22. The SMILES string of the molecule is CC(NC(=O)CCNS(=O)(=O)c1ccc(OC(F)(F)F)cc1)C1CC2CCC1C2. The lowest BCUT2D eigenvalue weighted by atomic mass is 9.84. The van der Waals surface area contributed by atoms with E-state index in [9.17, 15) is 26.4 Å². The van der Waals surface area contributed by atoms with Crippen molar-refractivity contribution < 1.29 is 31.1 Å². The van der Waals surface area contributed by atoms with Crippen LogP contribution in [-0.4, -0.2) is 33.3 Å². The second-order valence-corrected chi connectivity index (χ2v) is 9.63. The predicted octanol–water partition coefficient (Wildman–Crippen LogP) is 3.19. The van der Waals surface area contributed by atoms with E-state index < -0.39 is 22.1 Å². The van der Waals surface area contributed by atoms with Crippen LogP contribution in [0.25, 0.3) is 0 Å². The van der Waals surface area contributed by atoms with Crippen LogP contribution >= 0.6 is 0 Å². The minimum Gasteiger partial charge on any atom is -0.406 e. The van der Waals surface area contributed by atoms with Crippen LogP contribution in [0.5, 0.6) is 5.75 Å². The highest BCUT2D eigenvalue weighted by Gasteiger charge is 2.42. The Balaban J connectivity index is 1.44. The molecule has 6 nitrogen and oxygen atoms in total. The Morgan fingerprint density at radius 2 is 1.90 bits per heavy atom. The van der Waals surface area contributed by atoms with Crippen LogP contribution < -0.4 is 14.8 Å². The fraction of sp³-hybridized carbons (Fsp3) is 0.632. The van der Waals surface area contributed by atoms with Crippen LogP contribution in [-0.2, 0) is 14.8 Å². The zero-order valence-corrected chi connectivity index (χ0v) is 16.9. The van der Waals surface area contributed by atoms with Crippen molar-refractivity contribution in [2.75, 3.05) is 6.54 Å². The number of amides is 1. The third-order valence-electron chi connectivity index (χ3n) is 5.84. The molecule has 0 spiro atoms. The van der Waals surface area contributed by atoms with Gasteiger partial charge in [0.1, 0.15) is 5.75 Å². The summed E-state index contributed by atoms with van der Waals surface area (Å²) in [5.41, 5.74) is 0. The normalized spacial score (nSPS) is 25.0. The molecule has 4 atom stereocenters. The molecular weight excluding hydrogens is 409 g/mol. The van der Waals surface area contributed by atoms with Crippen molar-refractivity contribution in [1.82, 2.24) is 10.0 Å². The van der Waals surface area contributed by atoms with Crippen LogP contribution in [0.15, 0.2) is 29.2 Å². The highest BCUT2D eigenvalue weighted by atomic mass is 32.2. The van der Waals surface area contributed by atoms with Gasteiger partial charge in [0.05, 0.1) is 4.90 Å². The molecule has 0 aliphatic heterocycles. The average Bonchev–Trinajstić information content (AvgIpc) is 3.24. The number of hydrogen-bond acceptors (Lipinski definition) is 4. The Bertz CT molecular complexity index is 827. The predicted molar refractivity (Wildman–Crippen MR) is 99.5 cm³/mol. The maximum atomic E-state index is 12.2. The van der Waals surface area contributed by atoms with E-state index >= 15 is 0 Å². The van der Waals surface area contributed by atoms with Crippen LogP contribution in [0.3, 0.4) is 0 Å². The van der Waals surface area contributed by atoms with Gasteiger partial charge < -0.3 is 10.1 Å². The quantitative estimate of drug-likeness (QED) is 0.658. The molecule has 1 aromatic carbocycles. The van der Waals surface area contributed by atoms with Crippen molar-refractivity contribution in [3.8, 4) is 5.75 Å². The number of fused-ring (bicyclic) bond motifs is 2. The van der Waals surface area contributed by atoms with Gasteiger partial charge in [-0.2, -0.15) is 0 Å². The van der Waals surface area contributed by atoms with Crippen molar-refractivity contribution in [3.05, 3.63) is 24.3 Å². The van der Waals surface area contributed by atoms with E-state index in [-0.39, 0.29) is 29.8 Å².